The van der Waals surface area contributed by atoms with Gasteiger partial charge in [0, 0.05) is 33.6 Å². The summed E-state index contributed by atoms with van der Waals surface area (Å²) in [6.45, 7) is 0. The minimum Gasteiger partial charge on any atom is -0.326 e. The van der Waals surface area contributed by atoms with E-state index in [4.69, 9.17) is 58.0 Å². The van der Waals surface area contributed by atoms with Crippen LogP contribution in [0.25, 0.3) is 0 Å². The van der Waals surface area contributed by atoms with Crippen LogP contribution < -0.4 is 5.32 Å². The van der Waals surface area contributed by atoms with Gasteiger partial charge < -0.3 is 5.32 Å². The lowest BCUT2D eigenvalue weighted by Gasteiger charge is -2.10. The van der Waals surface area contributed by atoms with Crippen LogP contribution in [0.5, 0.6) is 0 Å². The topological polar surface area (TPSA) is 46.2 Å². The molecule has 4 rings (SSSR count). The number of alkyl halides is 2. The van der Waals surface area contributed by atoms with Crippen molar-refractivity contribution in [2.45, 2.75) is 16.7 Å². The summed E-state index contributed by atoms with van der Waals surface area (Å²) >= 11 is 31.0. The third kappa shape index (κ3) is 5.19. The zero-order valence-electron chi connectivity index (χ0n) is 17.0. The molecule has 0 bridgehead atoms. The van der Waals surface area contributed by atoms with Crippen LogP contribution in [-0.2, 0) is 11.2 Å². The first-order valence-electron chi connectivity index (χ1n) is 9.88. The van der Waals surface area contributed by atoms with Gasteiger partial charge in [0.1, 0.15) is 16.0 Å². The Balaban J connectivity index is 1.52. The van der Waals surface area contributed by atoms with Gasteiger partial charge in [0.25, 0.3) is 0 Å². The number of Topliss-reactive ketones (excluding diaryl/α,β-unsaturated/α-hetero) is 1. The van der Waals surface area contributed by atoms with Gasteiger partial charge in [-0.2, -0.15) is 0 Å². The molecule has 2 unspecified atom stereocenters. The Morgan fingerprint density at radius 2 is 1.59 bits per heavy atom. The number of carbonyl (C=O) groups excluding carboxylic acids is 2. The van der Waals surface area contributed by atoms with Crippen molar-refractivity contribution in [1.82, 2.24) is 0 Å². The maximum Gasteiger partial charge on any atom is 0.231 e. The molecule has 2 atom stereocenters. The van der Waals surface area contributed by atoms with Crippen LogP contribution in [0.3, 0.4) is 0 Å². The van der Waals surface area contributed by atoms with Crippen LogP contribution in [0.4, 0.5) is 14.5 Å². The molecule has 0 aliphatic heterocycles. The van der Waals surface area contributed by atoms with Gasteiger partial charge in [0.15, 0.2) is 5.78 Å². The molecule has 3 nitrogen and oxygen atoms in total. The van der Waals surface area contributed by atoms with Crippen molar-refractivity contribution in [1.29, 1.82) is 0 Å². The van der Waals surface area contributed by atoms with E-state index in [1.165, 1.54) is 18.2 Å². The molecule has 0 heterocycles. The smallest absolute Gasteiger partial charge is 0.231 e. The van der Waals surface area contributed by atoms with Gasteiger partial charge in [-0.3, -0.25) is 9.59 Å². The number of hydrogen-bond donors (Lipinski definition) is 1. The van der Waals surface area contributed by atoms with E-state index < -0.39 is 45.9 Å². The van der Waals surface area contributed by atoms with Gasteiger partial charge in [-0.15, -0.1) is 23.2 Å². The van der Waals surface area contributed by atoms with Crippen LogP contribution in [0.2, 0.25) is 15.1 Å². The first-order valence-corrected chi connectivity index (χ1v) is 11.8. The molecule has 3 aromatic carbocycles. The van der Waals surface area contributed by atoms with E-state index in [-0.39, 0.29) is 21.8 Å². The SMILES string of the molecule is O=C(Cc1cc(F)ccc1F)c1cc(NC(=O)C2C(c3cc(Cl)cc(Cl)c3)C2(Cl)Cl)ccc1Cl. The van der Waals surface area contributed by atoms with E-state index in [1.807, 2.05) is 0 Å². The van der Waals surface area contributed by atoms with Crippen LogP contribution in [0, 0.1) is 17.6 Å². The zero-order chi connectivity index (χ0) is 24.8. The molecule has 0 spiro atoms. The molecule has 10 heteroatoms. The van der Waals surface area contributed by atoms with Gasteiger partial charge in [-0.05, 0) is 65.7 Å². The van der Waals surface area contributed by atoms with Crippen LogP contribution in [0.15, 0.2) is 54.6 Å². The first-order chi connectivity index (χ1) is 16.0. The van der Waals surface area contributed by atoms with Gasteiger partial charge in [-0.25, -0.2) is 8.78 Å². The predicted molar refractivity (Wildman–Crippen MR) is 132 cm³/mol. The van der Waals surface area contributed by atoms with Crippen molar-refractivity contribution in [3.05, 3.63) is 98.0 Å². The lowest BCUT2D eigenvalue weighted by atomic mass is 10.0. The Labute approximate surface area is 218 Å². The minimum absolute atomic E-state index is 0.0418. The molecule has 1 amide bonds. The largest absolute Gasteiger partial charge is 0.326 e. The Hall–Kier alpha value is -1.89. The van der Waals surface area contributed by atoms with Crippen molar-refractivity contribution in [2.75, 3.05) is 5.32 Å². The molecule has 1 fully saturated rings. The van der Waals surface area contributed by atoms with Crippen molar-refractivity contribution in [3.63, 3.8) is 0 Å². The Morgan fingerprint density at radius 1 is 0.912 bits per heavy atom. The molecular weight excluding hydrogens is 550 g/mol. The molecule has 1 saturated carbocycles. The summed E-state index contributed by atoms with van der Waals surface area (Å²) in [7, 11) is 0. The predicted octanol–water partition coefficient (Wildman–Crippen LogP) is 7.88. The number of amides is 1. The monoisotopic (exact) mass is 561 g/mol. The first kappa shape index (κ1) is 25.2. The summed E-state index contributed by atoms with van der Waals surface area (Å²) in [4.78, 5) is 25.7. The van der Waals surface area contributed by atoms with E-state index in [2.05, 4.69) is 5.32 Å². The number of carbonyl (C=O) groups is 2. The molecule has 3 aromatic rings. The van der Waals surface area contributed by atoms with Crippen molar-refractivity contribution in [2.24, 2.45) is 5.92 Å². The van der Waals surface area contributed by atoms with E-state index in [1.54, 1.807) is 18.2 Å². The maximum absolute atomic E-state index is 13.9. The van der Waals surface area contributed by atoms with E-state index in [9.17, 15) is 18.4 Å². The van der Waals surface area contributed by atoms with E-state index >= 15 is 0 Å². The maximum atomic E-state index is 13.9. The number of nitrogens with one attached hydrogen (secondary N) is 1. The summed E-state index contributed by atoms with van der Waals surface area (Å²) in [5.74, 6) is -3.76. The minimum atomic E-state index is -1.38. The fraction of sp³-hybridized carbons (Fsp3) is 0.167. The lowest BCUT2D eigenvalue weighted by Crippen LogP contribution is -2.17. The second-order valence-electron chi connectivity index (χ2n) is 7.85. The van der Waals surface area contributed by atoms with Crippen molar-refractivity contribution < 1.29 is 18.4 Å². The highest BCUT2D eigenvalue weighted by molar-refractivity contribution is 6.53. The fourth-order valence-electron chi connectivity index (χ4n) is 3.81. The highest BCUT2D eigenvalue weighted by Gasteiger charge is 2.67. The molecular formula is C24H14Cl5F2NO2. The fourth-order valence-corrected chi connectivity index (χ4v) is 5.40. The van der Waals surface area contributed by atoms with Crippen LogP contribution in [0.1, 0.15) is 27.4 Å². The summed E-state index contributed by atoms with van der Waals surface area (Å²) in [5.41, 5.74) is 0.814. The number of anilines is 1. The molecule has 0 radical (unpaired) electrons. The number of hydrogen-bond acceptors (Lipinski definition) is 2. The number of rotatable bonds is 6. The van der Waals surface area contributed by atoms with Crippen LogP contribution in [-0.4, -0.2) is 16.0 Å². The molecule has 1 aliphatic carbocycles. The third-order valence-corrected chi connectivity index (χ3v) is 7.18. The number of benzene rings is 3. The molecule has 1 aliphatic rings. The molecule has 0 saturated heterocycles. The van der Waals surface area contributed by atoms with Crippen molar-refractivity contribution in [3.8, 4) is 0 Å². The number of halogens is 7. The van der Waals surface area contributed by atoms with Gasteiger partial charge in [0.05, 0.1) is 10.9 Å². The van der Waals surface area contributed by atoms with E-state index in [0.29, 0.717) is 15.6 Å². The summed E-state index contributed by atoms with van der Waals surface area (Å²) in [6.07, 6.45) is -0.409. The summed E-state index contributed by atoms with van der Waals surface area (Å²) in [6, 6.07) is 11.9. The Kier molecular flexibility index (Phi) is 7.14. The zero-order valence-corrected chi connectivity index (χ0v) is 20.8. The average Bonchev–Trinajstić information content (AvgIpc) is 3.33. The molecule has 0 aromatic heterocycles. The summed E-state index contributed by atoms with van der Waals surface area (Å²) in [5, 5.41) is 3.54. The van der Waals surface area contributed by atoms with E-state index in [0.717, 1.165) is 18.2 Å². The van der Waals surface area contributed by atoms with Gasteiger partial charge in [-0.1, -0.05) is 34.8 Å². The van der Waals surface area contributed by atoms with Gasteiger partial charge >= 0.3 is 0 Å². The molecule has 1 N–H and O–H groups in total. The van der Waals surface area contributed by atoms with Crippen LogP contribution >= 0.6 is 58.0 Å². The third-order valence-electron chi connectivity index (χ3n) is 5.47. The van der Waals surface area contributed by atoms with Gasteiger partial charge in [0.2, 0.25) is 5.91 Å². The highest BCUT2D eigenvalue weighted by Crippen LogP contribution is 2.65. The normalized spacial score (nSPS) is 18.4. The lowest BCUT2D eigenvalue weighted by molar-refractivity contribution is -0.117. The molecule has 34 heavy (non-hydrogen) atoms. The second kappa shape index (κ2) is 9.63. The Bertz CT molecular complexity index is 1290. The second-order valence-corrected chi connectivity index (χ2v) is 10.6. The van der Waals surface area contributed by atoms with Crippen molar-refractivity contribution >= 4 is 75.4 Å². The quantitative estimate of drug-likeness (QED) is 0.245. The number of ketones is 1. The Morgan fingerprint density at radius 3 is 2.26 bits per heavy atom. The average molecular weight is 564 g/mol. The summed E-state index contributed by atoms with van der Waals surface area (Å²) < 4.78 is 26.0. The highest BCUT2D eigenvalue weighted by atomic mass is 35.5. The molecule has 176 valence electrons. The standard InChI is InChI=1S/C24H14Cl5F2NO2/c25-13-5-12(6-14(26)9-13)21-22(24(21,28)29)23(34)32-16-2-3-18(27)17(10-16)20(33)8-11-7-15(30)1-4-19(11)31/h1-7,9-10,21-22H,8H2,(H,32,34).